The maximum atomic E-state index is 12.4. The molecule has 0 saturated carbocycles. The van der Waals surface area contributed by atoms with Crippen LogP contribution in [0.3, 0.4) is 0 Å². The van der Waals surface area contributed by atoms with E-state index in [0.717, 1.165) is 16.7 Å². The second-order valence-electron chi connectivity index (χ2n) is 5.93. The fourth-order valence-electron chi connectivity index (χ4n) is 2.46. The Kier molecular flexibility index (Phi) is 5.53. The number of hydrogen-bond donors (Lipinski definition) is 0. The molecule has 3 aromatic rings. The van der Waals surface area contributed by atoms with Crippen LogP contribution in [0.5, 0.6) is 0 Å². The van der Waals surface area contributed by atoms with Gasteiger partial charge >= 0.3 is 5.97 Å². The predicted octanol–water partition coefficient (Wildman–Crippen LogP) is 4.13. The topological polar surface area (TPSA) is 59.8 Å². The molecule has 0 aliphatic carbocycles. The Labute approximate surface area is 155 Å². The zero-order valence-electron chi connectivity index (χ0n) is 14.6. The van der Waals surface area contributed by atoms with E-state index >= 15 is 0 Å². The molecule has 0 N–H and O–H groups in total. The molecule has 1 aromatic carbocycles. The molecule has 0 radical (unpaired) electrons. The number of benzene rings is 1. The van der Waals surface area contributed by atoms with Gasteiger partial charge in [0, 0.05) is 12.6 Å². The minimum Gasteiger partial charge on any atom is -0.467 e. The number of likely N-dealkylation sites (N-methyl/N-ethyl adjacent to an activating group) is 1. The lowest BCUT2D eigenvalue weighted by Gasteiger charge is -2.15. The number of nitrogens with zero attached hydrogens (tertiary/aromatic N) is 1. The Morgan fingerprint density at radius 2 is 1.92 bits per heavy atom. The summed E-state index contributed by atoms with van der Waals surface area (Å²) in [4.78, 5) is 26.5. The van der Waals surface area contributed by atoms with Gasteiger partial charge in [-0.05, 0) is 36.1 Å². The van der Waals surface area contributed by atoms with Crippen LogP contribution >= 0.6 is 11.3 Å². The first kappa shape index (κ1) is 17.9. The van der Waals surface area contributed by atoms with Crippen LogP contribution in [0, 0.1) is 6.92 Å². The van der Waals surface area contributed by atoms with Crippen molar-refractivity contribution in [3.63, 3.8) is 0 Å². The van der Waals surface area contributed by atoms with E-state index in [4.69, 9.17) is 9.15 Å². The molecule has 134 valence electrons. The number of amides is 1. The Bertz CT molecular complexity index is 881. The highest BCUT2D eigenvalue weighted by Gasteiger charge is 2.19. The van der Waals surface area contributed by atoms with E-state index in [-0.39, 0.29) is 12.5 Å². The van der Waals surface area contributed by atoms with Gasteiger partial charge in [-0.3, -0.25) is 4.79 Å². The molecule has 0 aliphatic heterocycles. The van der Waals surface area contributed by atoms with E-state index in [1.807, 2.05) is 42.6 Å². The lowest BCUT2D eigenvalue weighted by atomic mass is 10.1. The summed E-state index contributed by atoms with van der Waals surface area (Å²) in [6, 6.07) is 13.4. The van der Waals surface area contributed by atoms with E-state index in [1.165, 1.54) is 16.2 Å². The van der Waals surface area contributed by atoms with Crippen molar-refractivity contribution < 1.29 is 18.7 Å². The number of rotatable bonds is 6. The number of aryl methyl sites for hydroxylation is 1. The van der Waals surface area contributed by atoms with Crippen molar-refractivity contribution >= 4 is 23.2 Å². The van der Waals surface area contributed by atoms with Gasteiger partial charge in [0.25, 0.3) is 5.91 Å². The summed E-state index contributed by atoms with van der Waals surface area (Å²) < 4.78 is 10.4. The first-order valence-corrected chi connectivity index (χ1v) is 9.00. The number of carbonyl (C=O) groups excluding carboxylic acids is 2. The van der Waals surface area contributed by atoms with Crippen LogP contribution in [0.2, 0.25) is 0 Å². The first-order chi connectivity index (χ1) is 12.5. The molecule has 26 heavy (non-hydrogen) atoms. The van der Waals surface area contributed by atoms with Gasteiger partial charge in [-0.15, -0.1) is 11.3 Å². The largest absolute Gasteiger partial charge is 0.467 e. The molecule has 6 heteroatoms. The van der Waals surface area contributed by atoms with E-state index < -0.39 is 5.97 Å². The van der Waals surface area contributed by atoms with Crippen LogP contribution in [-0.4, -0.2) is 30.4 Å². The maximum absolute atomic E-state index is 12.4. The quantitative estimate of drug-likeness (QED) is 0.613. The highest BCUT2D eigenvalue weighted by Crippen LogP contribution is 2.29. The molecule has 3 rings (SSSR count). The van der Waals surface area contributed by atoms with Crippen LogP contribution < -0.4 is 0 Å². The van der Waals surface area contributed by atoms with E-state index in [2.05, 4.69) is 0 Å². The van der Waals surface area contributed by atoms with Crippen LogP contribution in [0.25, 0.3) is 11.1 Å². The van der Waals surface area contributed by atoms with E-state index in [1.54, 1.807) is 25.4 Å². The summed E-state index contributed by atoms with van der Waals surface area (Å²) in [5.41, 5.74) is 2.92. The second-order valence-corrected chi connectivity index (χ2v) is 6.85. The van der Waals surface area contributed by atoms with Crippen LogP contribution in [-0.2, 0) is 16.1 Å². The standard InChI is InChI=1S/C20H19NO4S/c1-14-5-7-15(8-6-14)17-9-11-26-19(17)20(23)25-13-18(22)21(2)12-16-4-3-10-24-16/h3-11H,12-13H2,1-2H3. The Hall–Kier alpha value is -2.86. The minimum absolute atomic E-state index is 0.289. The van der Waals surface area contributed by atoms with Gasteiger partial charge in [-0.1, -0.05) is 29.8 Å². The average Bonchev–Trinajstić information content (AvgIpc) is 3.31. The number of furan rings is 1. The summed E-state index contributed by atoms with van der Waals surface area (Å²) in [6.07, 6.45) is 1.55. The second kappa shape index (κ2) is 8.01. The van der Waals surface area contributed by atoms with Crippen LogP contribution in [0.15, 0.2) is 58.5 Å². The lowest BCUT2D eigenvalue weighted by molar-refractivity contribution is -0.133. The molecule has 2 aromatic heterocycles. The van der Waals surface area contributed by atoms with E-state index in [9.17, 15) is 9.59 Å². The zero-order chi connectivity index (χ0) is 18.5. The van der Waals surface area contributed by atoms with Crippen molar-refractivity contribution in [2.75, 3.05) is 13.7 Å². The molecule has 0 unspecified atom stereocenters. The highest BCUT2D eigenvalue weighted by atomic mass is 32.1. The molecule has 2 heterocycles. The van der Waals surface area contributed by atoms with Crippen molar-refractivity contribution in [3.05, 3.63) is 70.3 Å². The van der Waals surface area contributed by atoms with Gasteiger partial charge in [0.1, 0.15) is 10.6 Å². The van der Waals surface area contributed by atoms with Crippen molar-refractivity contribution in [2.24, 2.45) is 0 Å². The molecular weight excluding hydrogens is 350 g/mol. The van der Waals surface area contributed by atoms with Gasteiger partial charge < -0.3 is 14.1 Å². The van der Waals surface area contributed by atoms with Crippen LogP contribution in [0.4, 0.5) is 0 Å². The molecule has 0 atom stereocenters. The fraction of sp³-hybridized carbons (Fsp3) is 0.200. The molecule has 0 saturated heterocycles. The van der Waals surface area contributed by atoms with Crippen molar-refractivity contribution in [3.8, 4) is 11.1 Å². The first-order valence-electron chi connectivity index (χ1n) is 8.12. The molecular formula is C20H19NO4S. The van der Waals surface area contributed by atoms with Gasteiger partial charge in [-0.2, -0.15) is 0 Å². The third-order valence-corrected chi connectivity index (χ3v) is 4.83. The summed E-state index contributed by atoms with van der Waals surface area (Å²) in [7, 11) is 1.64. The number of esters is 1. The van der Waals surface area contributed by atoms with Crippen molar-refractivity contribution in [1.82, 2.24) is 4.90 Å². The molecule has 0 fully saturated rings. The van der Waals surface area contributed by atoms with Crippen molar-refractivity contribution in [1.29, 1.82) is 0 Å². The molecule has 0 bridgehead atoms. The van der Waals surface area contributed by atoms with Gasteiger partial charge in [0.15, 0.2) is 6.61 Å². The Morgan fingerprint density at radius 1 is 1.15 bits per heavy atom. The number of thiophene rings is 1. The number of carbonyl (C=O) groups is 2. The zero-order valence-corrected chi connectivity index (χ0v) is 15.4. The highest BCUT2D eigenvalue weighted by molar-refractivity contribution is 7.12. The number of ether oxygens (including phenoxy) is 1. The monoisotopic (exact) mass is 369 g/mol. The molecule has 5 nitrogen and oxygen atoms in total. The summed E-state index contributed by atoms with van der Waals surface area (Å²) in [5, 5.41) is 1.84. The van der Waals surface area contributed by atoms with E-state index in [0.29, 0.717) is 17.2 Å². The fourth-order valence-corrected chi connectivity index (χ4v) is 3.26. The molecule has 0 aliphatic rings. The van der Waals surface area contributed by atoms with Gasteiger partial charge in [-0.25, -0.2) is 4.79 Å². The Balaban J connectivity index is 1.61. The minimum atomic E-state index is -0.490. The van der Waals surface area contributed by atoms with Crippen LogP contribution in [0.1, 0.15) is 21.0 Å². The number of hydrogen-bond acceptors (Lipinski definition) is 5. The summed E-state index contributed by atoms with van der Waals surface area (Å²) in [6.45, 7) is 2.04. The third kappa shape index (κ3) is 4.21. The lowest BCUT2D eigenvalue weighted by Crippen LogP contribution is -2.30. The summed E-state index contributed by atoms with van der Waals surface area (Å²) in [5.74, 6) is -0.106. The van der Waals surface area contributed by atoms with Crippen molar-refractivity contribution in [2.45, 2.75) is 13.5 Å². The SMILES string of the molecule is Cc1ccc(-c2ccsc2C(=O)OCC(=O)N(C)Cc2ccco2)cc1. The average molecular weight is 369 g/mol. The predicted molar refractivity (Wildman–Crippen MR) is 100.0 cm³/mol. The smallest absolute Gasteiger partial charge is 0.349 e. The molecule has 1 amide bonds. The normalized spacial score (nSPS) is 10.5. The van der Waals surface area contributed by atoms with Gasteiger partial charge in [0.05, 0.1) is 12.8 Å². The summed E-state index contributed by atoms with van der Waals surface area (Å²) >= 11 is 1.31. The maximum Gasteiger partial charge on any atom is 0.349 e. The third-order valence-electron chi connectivity index (χ3n) is 3.94. The Morgan fingerprint density at radius 3 is 2.62 bits per heavy atom. The molecule has 0 spiro atoms. The van der Waals surface area contributed by atoms with Gasteiger partial charge in [0.2, 0.25) is 0 Å².